The van der Waals surface area contributed by atoms with Gasteiger partial charge in [-0.15, -0.1) is 0 Å². The van der Waals surface area contributed by atoms with Crippen LogP contribution in [0.15, 0.2) is 18.2 Å². The summed E-state index contributed by atoms with van der Waals surface area (Å²) in [5, 5.41) is 0. The summed E-state index contributed by atoms with van der Waals surface area (Å²) in [7, 11) is -3.07. The third-order valence-electron chi connectivity index (χ3n) is 2.62. The van der Waals surface area contributed by atoms with Gasteiger partial charge in [-0.05, 0) is 31.9 Å². The predicted octanol–water partition coefficient (Wildman–Crippen LogP) is 2.25. The van der Waals surface area contributed by atoms with E-state index < -0.39 is 9.84 Å². The fraction of sp³-hybridized carbons (Fsp3) is 0.538. The summed E-state index contributed by atoms with van der Waals surface area (Å²) >= 11 is 0. The summed E-state index contributed by atoms with van der Waals surface area (Å²) < 4.78 is 28.8. The van der Waals surface area contributed by atoms with Gasteiger partial charge in [-0.2, -0.15) is 0 Å². The first kappa shape index (κ1) is 14.2. The first-order valence-electron chi connectivity index (χ1n) is 5.79. The quantitative estimate of drug-likeness (QED) is 0.733. The molecule has 4 heteroatoms. The maximum Gasteiger partial charge on any atom is 0.156 e. The highest BCUT2D eigenvalue weighted by Crippen LogP contribution is 2.14. The first-order chi connectivity index (χ1) is 7.94. The van der Waals surface area contributed by atoms with Crippen LogP contribution in [0.3, 0.4) is 0 Å². The van der Waals surface area contributed by atoms with Gasteiger partial charge in [0.05, 0.1) is 18.1 Å². The molecule has 0 amide bonds. The number of aryl methyl sites for hydroxylation is 2. The van der Waals surface area contributed by atoms with E-state index in [9.17, 15) is 8.42 Å². The van der Waals surface area contributed by atoms with Gasteiger partial charge in [0.25, 0.3) is 0 Å². The molecule has 0 aliphatic heterocycles. The van der Waals surface area contributed by atoms with E-state index in [0.29, 0.717) is 6.61 Å². The van der Waals surface area contributed by atoms with Gasteiger partial charge in [0, 0.05) is 6.61 Å². The van der Waals surface area contributed by atoms with Crippen molar-refractivity contribution in [2.24, 2.45) is 0 Å². The van der Waals surface area contributed by atoms with E-state index in [1.165, 1.54) is 0 Å². The van der Waals surface area contributed by atoms with Gasteiger partial charge in [0.15, 0.2) is 9.84 Å². The van der Waals surface area contributed by atoms with E-state index in [1.54, 1.807) is 0 Å². The number of sulfone groups is 1. The van der Waals surface area contributed by atoms with Crippen molar-refractivity contribution >= 4 is 9.84 Å². The monoisotopic (exact) mass is 256 g/mol. The summed E-state index contributed by atoms with van der Waals surface area (Å²) in [5.74, 6) is 0.196. The molecule has 0 N–H and O–H groups in total. The smallest absolute Gasteiger partial charge is 0.156 e. The molecule has 0 bridgehead atoms. The second kappa shape index (κ2) is 6.17. The minimum absolute atomic E-state index is 0.0915. The van der Waals surface area contributed by atoms with E-state index in [2.05, 4.69) is 0 Å². The fourth-order valence-corrected chi connectivity index (χ4v) is 2.90. The van der Waals surface area contributed by atoms with E-state index in [0.717, 1.165) is 16.7 Å². The van der Waals surface area contributed by atoms with Crippen molar-refractivity contribution in [1.82, 2.24) is 0 Å². The molecule has 0 saturated carbocycles. The maximum absolute atomic E-state index is 11.9. The van der Waals surface area contributed by atoms with Crippen LogP contribution >= 0.6 is 0 Å². The number of benzene rings is 1. The number of hydrogen-bond donors (Lipinski definition) is 0. The molecule has 3 nitrogen and oxygen atoms in total. The number of hydrogen-bond acceptors (Lipinski definition) is 3. The van der Waals surface area contributed by atoms with E-state index in [4.69, 9.17) is 4.74 Å². The average Bonchev–Trinajstić information content (AvgIpc) is 2.23. The van der Waals surface area contributed by atoms with Crippen molar-refractivity contribution in [3.8, 4) is 0 Å². The van der Waals surface area contributed by atoms with Gasteiger partial charge in [-0.3, -0.25) is 0 Å². The molecule has 96 valence electrons. The molecule has 0 radical (unpaired) electrons. The Kier molecular flexibility index (Phi) is 5.15. The summed E-state index contributed by atoms with van der Waals surface area (Å²) in [5.41, 5.74) is 3.00. The number of rotatable bonds is 6. The van der Waals surface area contributed by atoms with Gasteiger partial charge in [0.1, 0.15) is 0 Å². The van der Waals surface area contributed by atoms with Crippen molar-refractivity contribution in [2.75, 3.05) is 19.0 Å². The lowest BCUT2D eigenvalue weighted by Crippen LogP contribution is -2.15. The second-order valence-corrected chi connectivity index (χ2v) is 6.40. The molecule has 0 atom stereocenters. The molecule has 0 aliphatic rings. The Morgan fingerprint density at radius 3 is 2.59 bits per heavy atom. The Bertz CT molecular complexity index is 464. The molecule has 1 aromatic rings. The maximum atomic E-state index is 11.9. The Balaban J connectivity index is 2.72. The molecule has 1 rings (SSSR count). The number of ether oxygens (including phenoxy) is 1. The zero-order valence-corrected chi connectivity index (χ0v) is 11.5. The summed E-state index contributed by atoms with van der Waals surface area (Å²) in [6.45, 7) is 6.60. The van der Waals surface area contributed by atoms with Gasteiger partial charge in [-0.25, -0.2) is 8.42 Å². The standard InChI is InChI=1S/C13H20O3S/c1-4-16-7-8-17(14,15)10-13-9-11(2)5-6-12(13)3/h5-6,9H,4,7-8,10H2,1-3H3. The molecule has 0 fully saturated rings. The van der Waals surface area contributed by atoms with Crippen LogP contribution in [-0.2, 0) is 20.3 Å². The molecule has 0 spiro atoms. The van der Waals surface area contributed by atoms with Gasteiger partial charge in [-0.1, -0.05) is 23.8 Å². The predicted molar refractivity (Wildman–Crippen MR) is 69.9 cm³/mol. The van der Waals surface area contributed by atoms with Gasteiger partial charge < -0.3 is 4.74 Å². The molecular weight excluding hydrogens is 236 g/mol. The Morgan fingerprint density at radius 1 is 1.24 bits per heavy atom. The van der Waals surface area contributed by atoms with Crippen LogP contribution in [0.25, 0.3) is 0 Å². The highest BCUT2D eigenvalue weighted by molar-refractivity contribution is 7.90. The molecule has 0 unspecified atom stereocenters. The first-order valence-corrected chi connectivity index (χ1v) is 7.61. The highest BCUT2D eigenvalue weighted by Gasteiger charge is 2.13. The lowest BCUT2D eigenvalue weighted by atomic mass is 10.1. The van der Waals surface area contributed by atoms with Crippen molar-refractivity contribution < 1.29 is 13.2 Å². The van der Waals surface area contributed by atoms with Crippen molar-refractivity contribution in [3.05, 3.63) is 34.9 Å². The van der Waals surface area contributed by atoms with Gasteiger partial charge in [0.2, 0.25) is 0 Å². The highest BCUT2D eigenvalue weighted by atomic mass is 32.2. The zero-order chi connectivity index (χ0) is 12.9. The average molecular weight is 256 g/mol. The van der Waals surface area contributed by atoms with Crippen LogP contribution in [0.2, 0.25) is 0 Å². The molecule has 0 heterocycles. The fourth-order valence-electron chi connectivity index (χ4n) is 1.60. The zero-order valence-electron chi connectivity index (χ0n) is 10.7. The van der Waals surface area contributed by atoms with Gasteiger partial charge >= 0.3 is 0 Å². The van der Waals surface area contributed by atoms with Crippen LogP contribution in [0.5, 0.6) is 0 Å². The summed E-state index contributed by atoms with van der Waals surface area (Å²) in [6.07, 6.45) is 0. The second-order valence-electron chi connectivity index (χ2n) is 4.22. The molecule has 0 saturated heterocycles. The summed E-state index contributed by atoms with van der Waals surface area (Å²) in [4.78, 5) is 0. The Hall–Kier alpha value is -0.870. The summed E-state index contributed by atoms with van der Waals surface area (Å²) in [6, 6.07) is 5.89. The van der Waals surface area contributed by atoms with Crippen LogP contribution in [-0.4, -0.2) is 27.4 Å². The Labute approximate surface area is 104 Å². The molecule has 1 aromatic carbocycles. The van der Waals surface area contributed by atoms with E-state index >= 15 is 0 Å². The van der Waals surface area contributed by atoms with E-state index in [-0.39, 0.29) is 18.1 Å². The molecule has 17 heavy (non-hydrogen) atoms. The minimum atomic E-state index is -3.07. The molecular formula is C13H20O3S. The third kappa shape index (κ3) is 4.88. The van der Waals surface area contributed by atoms with Crippen molar-refractivity contribution in [3.63, 3.8) is 0 Å². The molecule has 0 aliphatic carbocycles. The lowest BCUT2D eigenvalue weighted by Gasteiger charge is -2.08. The van der Waals surface area contributed by atoms with Crippen LogP contribution in [0, 0.1) is 13.8 Å². The van der Waals surface area contributed by atoms with Crippen molar-refractivity contribution in [2.45, 2.75) is 26.5 Å². The van der Waals surface area contributed by atoms with Crippen LogP contribution in [0.1, 0.15) is 23.6 Å². The lowest BCUT2D eigenvalue weighted by molar-refractivity contribution is 0.163. The normalized spacial score (nSPS) is 11.7. The van der Waals surface area contributed by atoms with Crippen LogP contribution in [0.4, 0.5) is 0 Å². The largest absolute Gasteiger partial charge is 0.381 e. The topological polar surface area (TPSA) is 43.4 Å². The van der Waals surface area contributed by atoms with Crippen LogP contribution < -0.4 is 0 Å². The van der Waals surface area contributed by atoms with Crippen molar-refractivity contribution in [1.29, 1.82) is 0 Å². The minimum Gasteiger partial charge on any atom is -0.381 e. The SMILES string of the molecule is CCOCCS(=O)(=O)Cc1cc(C)ccc1C. The molecule has 0 aromatic heterocycles. The van der Waals surface area contributed by atoms with E-state index in [1.807, 2.05) is 39.0 Å². The Morgan fingerprint density at radius 2 is 1.94 bits per heavy atom. The third-order valence-corrected chi connectivity index (χ3v) is 4.16.